The van der Waals surface area contributed by atoms with E-state index in [2.05, 4.69) is 52.9 Å². The highest BCUT2D eigenvalue weighted by Crippen LogP contribution is 2.59. The van der Waals surface area contributed by atoms with E-state index in [1.54, 1.807) is 0 Å². The Morgan fingerprint density at radius 1 is 0.816 bits per heavy atom. The second-order valence-corrected chi connectivity index (χ2v) is 12.8. The molecule has 0 aromatic heterocycles. The van der Waals surface area contributed by atoms with E-state index < -0.39 is 21.5 Å². The van der Waals surface area contributed by atoms with Crippen LogP contribution in [0.15, 0.2) is 83.8 Å². The third-order valence-corrected chi connectivity index (χ3v) is 9.90. The molecular formula is C31H22IO5S-. The molecule has 7 heteroatoms. The summed E-state index contributed by atoms with van der Waals surface area (Å²) in [6.45, 7) is 0. The monoisotopic (exact) mass is 633 g/mol. The standard InChI is InChI=1S/C31H23IO5S/c32-18-13-14-23-26(17-18)31(24-11-5-3-9-21(24)29(23)22-10-4-6-12-25(22)31)30(33)37-27-15-16-28(38(34,35)36)20-8-2-1-7-19(20)27/h3-6,9-17,29H,1-2,7-8H2,(H,34,35,36)/p-1. The van der Waals surface area contributed by atoms with Crippen molar-refractivity contribution in [3.63, 3.8) is 0 Å². The molecule has 0 fully saturated rings. The molecule has 4 aromatic carbocycles. The molecular weight excluding hydrogens is 611 g/mol. The summed E-state index contributed by atoms with van der Waals surface area (Å²) in [5.41, 5.74) is 5.97. The molecule has 0 atom stereocenters. The first-order valence-corrected chi connectivity index (χ1v) is 15.1. The number of esters is 1. The molecule has 5 nitrogen and oxygen atoms in total. The third kappa shape index (κ3) is 3.25. The van der Waals surface area contributed by atoms with Crippen molar-refractivity contribution < 1.29 is 22.5 Å². The van der Waals surface area contributed by atoms with E-state index in [0.29, 0.717) is 29.7 Å². The second kappa shape index (κ2) is 8.49. The van der Waals surface area contributed by atoms with Gasteiger partial charge in [-0.1, -0.05) is 54.6 Å². The average Bonchev–Trinajstić information content (AvgIpc) is 2.92. The number of hydrogen-bond acceptors (Lipinski definition) is 5. The molecule has 0 heterocycles. The lowest BCUT2D eigenvalue weighted by Crippen LogP contribution is -2.49. The predicted octanol–water partition coefficient (Wildman–Crippen LogP) is 5.82. The highest BCUT2D eigenvalue weighted by atomic mass is 127. The fourth-order valence-corrected chi connectivity index (χ4v) is 8.11. The van der Waals surface area contributed by atoms with Crippen LogP contribution < -0.4 is 4.74 Å². The van der Waals surface area contributed by atoms with Gasteiger partial charge in [-0.25, -0.2) is 13.2 Å². The van der Waals surface area contributed by atoms with Gasteiger partial charge in [0, 0.05) is 9.49 Å². The lowest BCUT2D eigenvalue weighted by atomic mass is 9.53. The number of hydrogen-bond donors (Lipinski definition) is 0. The number of halogens is 1. The maximum absolute atomic E-state index is 14.7. The number of benzene rings is 4. The Hall–Kier alpha value is -3.01. The predicted molar refractivity (Wildman–Crippen MR) is 150 cm³/mol. The van der Waals surface area contributed by atoms with E-state index in [4.69, 9.17) is 4.74 Å². The summed E-state index contributed by atoms with van der Waals surface area (Å²) in [6, 6.07) is 25.2. The molecule has 0 N–H and O–H groups in total. The summed E-state index contributed by atoms with van der Waals surface area (Å²) in [4.78, 5) is 14.5. The number of ether oxygens (including phenoxy) is 1. The van der Waals surface area contributed by atoms with Gasteiger partial charge in [0.2, 0.25) is 0 Å². The minimum Gasteiger partial charge on any atom is -0.744 e. The van der Waals surface area contributed by atoms with Crippen molar-refractivity contribution in [2.75, 3.05) is 0 Å². The Morgan fingerprint density at radius 3 is 2.08 bits per heavy atom. The van der Waals surface area contributed by atoms with Gasteiger partial charge in [-0.05, 0) is 117 Å². The Balaban J connectivity index is 1.47. The normalized spacial score (nSPS) is 20.6. The van der Waals surface area contributed by atoms with Gasteiger partial charge in [0.15, 0.2) is 0 Å². The highest BCUT2D eigenvalue weighted by Gasteiger charge is 2.57. The molecule has 0 saturated heterocycles. The molecule has 0 spiro atoms. The quantitative estimate of drug-likeness (QED) is 0.123. The SMILES string of the molecule is O=C(Oc1ccc(S(=O)(=O)[O-])c2c1CCCC2)C12c3ccccc3C(c3ccccc31)c1ccc(I)cc12. The zero-order valence-electron chi connectivity index (χ0n) is 20.2. The summed E-state index contributed by atoms with van der Waals surface area (Å²) < 4.78 is 43.2. The maximum Gasteiger partial charge on any atom is 0.331 e. The minimum atomic E-state index is -4.64. The van der Waals surface area contributed by atoms with Crippen molar-refractivity contribution in [3.05, 3.63) is 127 Å². The van der Waals surface area contributed by atoms with Crippen molar-refractivity contribution in [2.45, 2.75) is 41.9 Å². The van der Waals surface area contributed by atoms with Crippen LogP contribution in [0, 0.1) is 3.57 Å². The molecule has 2 bridgehead atoms. The zero-order chi connectivity index (χ0) is 26.2. The van der Waals surface area contributed by atoms with E-state index in [-0.39, 0.29) is 10.8 Å². The Labute approximate surface area is 234 Å². The molecule has 0 unspecified atom stereocenters. The van der Waals surface area contributed by atoms with E-state index >= 15 is 0 Å². The topological polar surface area (TPSA) is 83.5 Å². The van der Waals surface area contributed by atoms with Crippen LogP contribution in [0.4, 0.5) is 0 Å². The van der Waals surface area contributed by atoms with Crippen LogP contribution in [0.1, 0.15) is 63.3 Å². The van der Waals surface area contributed by atoms with Gasteiger partial charge >= 0.3 is 5.97 Å². The van der Waals surface area contributed by atoms with Crippen LogP contribution in [0.3, 0.4) is 0 Å². The van der Waals surface area contributed by atoms with Crippen molar-refractivity contribution in [3.8, 4) is 5.75 Å². The summed E-state index contributed by atoms with van der Waals surface area (Å²) in [5.74, 6) is -0.0657. The van der Waals surface area contributed by atoms with Crippen LogP contribution in [0.2, 0.25) is 0 Å². The van der Waals surface area contributed by atoms with Gasteiger partial charge in [0.25, 0.3) is 0 Å². The van der Waals surface area contributed by atoms with Gasteiger partial charge in [-0.3, -0.25) is 0 Å². The fraction of sp³-hybridized carbons (Fsp3) is 0.194. The Kier molecular flexibility index (Phi) is 5.38. The second-order valence-electron chi connectivity index (χ2n) is 10.2. The Morgan fingerprint density at radius 2 is 1.42 bits per heavy atom. The fourth-order valence-electron chi connectivity index (χ4n) is 6.86. The van der Waals surface area contributed by atoms with Gasteiger partial charge < -0.3 is 9.29 Å². The van der Waals surface area contributed by atoms with Crippen LogP contribution in [0.25, 0.3) is 0 Å². The van der Waals surface area contributed by atoms with Crippen LogP contribution >= 0.6 is 22.6 Å². The number of rotatable bonds is 3. The zero-order valence-corrected chi connectivity index (χ0v) is 23.2. The number of fused-ring (bicyclic) bond motifs is 1. The molecule has 4 aliphatic rings. The van der Waals surface area contributed by atoms with Crippen LogP contribution in [-0.4, -0.2) is 18.9 Å². The van der Waals surface area contributed by atoms with Crippen molar-refractivity contribution in [1.29, 1.82) is 0 Å². The van der Waals surface area contributed by atoms with Gasteiger partial charge in [0.1, 0.15) is 21.3 Å². The molecule has 8 rings (SSSR count). The van der Waals surface area contributed by atoms with E-state index in [1.807, 2.05) is 36.4 Å². The lowest BCUT2D eigenvalue weighted by molar-refractivity contribution is -0.138. The third-order valence-electron chi connectivity index (χ3n) is 8.31. The minimum absolute atomic E-state index is 0.0263. The number of carbonyl (C=O) groups is 1. The highest BCUT2D eigenvalue weighted by molar-refractivity contribution is 14.1. The molecule has 190 valence electrons. The largest absolute Gasteiger partial charge is 0.744 e. The van der Waals surface area contributed by atoms with E-state index in [9.17, 15) is 17.8 Å². The van der Waals surface area contributed by atoms with Crippen molar-refractivity contribution in [1.82, 2.24) is 0 Å². The first kappa shape index (κ1) is 24.1. The summed E-state index contributed by atoms with van der Waals surface area (Å²) >= 11 is 2.28. The van der Waals surface area contributed by atoms with Crippen LogP contribution in [0.5, 0.6) is 5.75 Å². The maximum atomic E-state index is 14.7. The smallest absolute Gasteiger partial charge is 0.331 e. The number of carbonyl (C=O) groups excluding carboxylic acids is 1. The molecule has 38 heavy (non-hydrogen) atoms. The lowest BCUT2D eigenvalue weighted by Gasteiger charge is -2.48. The first-order valence-electron chi connectivity index (χ1n) is 12.6. The Bertz CT molecular complexity index is 1730. The van der Waals surface area contributed by atoms with Crippen molar-refractivity contribution >= 4 is 38.7 Å². The van der Waals surface area contributed by atoms with Gasteiger partial charge in [-0.2, -0.15) is 0 Å². The summed E-state index contributed by atoms with van der Waals surface area (Å²) in [5, 5.41) is 0. The summed E-state index contributed by atoms with van der Waals surface area (Å²) in [7, 11) is -4.64. The molecule has 4 aromatic rings. The first-order chi connectivity index (χ1) is 18.3. The van der Waals surface area contributed by atoms with Gasteiger partial charge in [0.05, 0.1) is 4.90 Å². The van der Waals surface area contributed by atoms with Crippen LogP contribution in [-0.2, 0) is 33.2 Å². The average molecular weight is 633 g/mol. The molecule has 0 radical (unpaired) electrons. The molecule has 0 aliphatic heterocycles. The molecule has 0 amide bonds. The molecule has 4 aliphatic carbocycles. The summed E-state index contributed by atoms with van der Waals surface area (Å²) in [6.07, 6.45) is 2.64. The van der Waals surface area contributed by atoms with E-state index in [1.165, 1.54) is 12.1 Å². The van der Waals surface area contributed by atoms with Crippen molar-refractivity contribution in [2.24, 2.45) is 0 Å². The van der Waals surface area contributed by atoms with E-state index in [0.717, 1.165) is 49.8 Å². The molecule has 0 saturated carbocycles. The van der Waals surface area contributed by atoms with Gasteiger partial charge in [-0.15, -0.1) is 0 Å².